The number of amides is 1. The summed E-state index contributed by atoms with van der Waals surface area (Å²) in [4.78, 5) is 12.3. The molecule has 4 aromatic rings. The second kappa shape index (κ2) is 6.45. The molecule has 0 spiro atoms. The van der Waals surface area contributed by atoms with Crippen molar-refractivity contribution in [2.24, 2.45) is 0 Å². The quantitative estimate of drug-likeness (QED) is 0.574. The zero-order valence-electron chi connectivity index (χ0n) is 12.9. The molecule has 6 nitrogen and oxygen atoms in total. The van der Waals surface area contributed by atoms with Crippen molar-refractivity contribution >= 4 is 33.2 Å². The third-order valence-corrected chi connectivity index (χ3v) is 4.18. The first kappa shape index (κ1) is 15.5. The van der Waals surface area contributed by atoms with Crippen LogP contribution in [0.4, 0.5) is 5.69 Å². The molecule has 0 aliphatic rings. The number of nitrogens with one attached hydrogen (secondary N) is 1. The number of halogens is 1. The molecule has 2 aromatic heterocycles. The number of nitrogens with zero attached hydrogens (tertiary/aromatic N) is 4. The van der Waals surface area contributed by atoms with Crippen LogP contribution in [0.15, 0.2) is 71.5 Å². The van der Waals surface area contributed by atoms with Gasteiger partial charge in [0.2, 0.25) is 0 Å². The topological polar surface area (TPSA) is 72.2 Å². The van der Waals surface area contributed by atoms with Gasteiger partial charge in [0, 0.05) is 21.3 Å². The first-order chi connectivity index (χ1) is 12.2. The molecule has 2 heterocycles. The fourth-order valence-electron chi connectivity index (χ4n) is 2.44. The number of hydrogen-bond donors (Lipinski definition) is 1. The van der Waals surface area contributed by atoms with Crippen LogP contribution in [-0.2, 0) is 0 Å². The molecule has 0 saturated carbocycles. The number of carbonyl (C=O) groups is 1. The Hall–Kier alpha value is -3.06. The first-order valence-corrected chi connectivity index (χ1v) is 8.33. The highest BCUT2D eigenvalue weighted by molar-refractivity contribution is 9.10. The van der Waals surface area contributed by atoms with Crippen molar-refractivity contribution in [1.29, 1.82) is 0 Å². The summed E-state index contributed by atoms with van der Waals surface area (Å²) >= 11 is 3.37. The monoisotopic (exact) mass is 393 g/mol. The van der Waals surface area contributed by atoms with E-state index in [4.69, 9.17) is 0 Å². The lowest BCUT2D eigenvalue weighted by Gasteiger charge is -2.07. The number of rotatable bonds is 3. The fourth-order valence-corrected chi connectivity index (χ4v) is 2.84. The molecule has 7 heteroatoms. The maximum atomic E-state index is 12.3. The van der Waals surface area contributed by atoms with Crippen LogP contribution in [-0.4, -0.2) is 25.7 Å². The molecule has 0 saturated heterocycles. The third kappa shape index (κ3) is 3.27. The third-order valence-electron chi connectivity index (χ3n) is 3.69. The van der Waals surface area contributed by atoms with Crippen LogP contribution in [0.1, 0.15) is 10.4 Å². The second-order valence-corrected chi connectivity index (χ2v) is 6.31. The summed E-state index contributed by atoms with van der Waals surface area (Å²) in [7, 11) is 0. The minimum atomic E-state index is -0.155. The molecule has 1 N–H and O–H groups in total. The molecular formula is C18H12BrN5O. The van der Waals surface area contributed by atoms with Gasteiger partial charge < -0.3 is 5.32 Å². The Labute approximate surface area is 151 Å². The van der Waals surface area contributed by atoms with Gasteiger partial charge in [0.1, 0.15) is 6.33 Å². The number of aromatic nitrogens is 4. The molecule has 0 bridgehead atoms. The van der Waals surface area contributed by atoms with Crippen LogP contribution >= 0.6 is 15.9 Å². The molecule has 0 aliphatic heterocycles. The van der Waals surface area contributed by atoms with Crippen molar-refractivity contribution in [2.75, 3.05) is 5.32 Å². The zero-order chi connectivity index (χ0) is 17.2. The highest BCUT2D eigenvalue weighted by Crippen LogP contribution is 2.20. The maximum absolute atomic E-state index is 12.3. The van der Waals surface area contributed by atoms with E-state index in [1.807, 2.05) is 48.5 Å². The Kier molecular flexibility index (Phi) is 3.99. The summed E-state index contributed by atoms with van der Waals surface area (Å²) in [5.41, 5.74) is 3.76. The normalized spacial score (nSPS) is 10.8. The predicted molar refractivity (Wildman–Crippen MR) is 98.3 cm³/mol. The number of benzene rings is 2. The van der Waals surface area contributed by atoms with Crippen molar-refractivity contribution in [2.45, 2.75) is 0 Å². The Morgan fingerprint density at radius 2 is 1.88 bits per heavy atom. The summed E-state index contributed by atoms with van der Waals surface area (Å²) in [5, 5.41) is 15.1. The molecule has 2 aromatic carbocycles. The summed E-state index contributed by atoms with van der Waals surface area (Å²) in [6.45, 7) is 0. The summed E-state index contributed by atoms with van der Waals surface area (Å²) < 4.78 is 2.49. The van der Waals surface area contributed by atoms with E-state index in [2.05, 4.69) is 36.5 Å². The zero-order valence-corrected chi connectivity index (χ0v) is 14.5. The molecule has 0 fully saturated rings. The molecule has 25 heavy (non-hydrogen) atoms. The van der Waals surface area contributed by atoms with Gasteiger partial charge in [-0.3, -0.25) is 4.79 Å². The van der Waals surface area contributed by atoms with Gasteiger partial charge in [-0.1, -0.05) is 34.1 Å². The van der Waals surface area contributed by atoms with Crippen molar-refractivity contribution < 1.29 is 4.79 Å². The molecule has 0 unspecified atom stereocenters. The minimum absolute atomic E-state index is 0.155. The molecule has 0 atom stereocenters. The largest absolute Gasteiger partial charge is 0.322 e. The van der Waals surface area contributed by atoms with Crippen molar-refractivity contribution in [3.05, 3.63) is 77.0 Å². The van der Waals surface area contributed by atoms with Crippen LogP contribution in [0.3, 0.4) is 0 Å². The van der Waals surface area contributed by atoms with Gasteiger partial charge in [0.15, 0.2) is 5.65 Å². The van der Waals surface area contributed by atoms with Gasteiger partial charge in [-0.25, -0.2) is 0 Å². The molecule has 4 rings (SSSR count). The number of anilines is 1. The van der Waals surface area contributed by atoms with Crippen molar-refractivity contribution in [3.8, 4) is 11.3 Å². The van der Waals surface area contributed by atoms with E-state index in [-0.39, 0.29) is 5.91 Å². The lowest BCUT2D eigenvalue weighted by molar-refractivity contribution is 0.102. The molecule has 0 radical (unpaired) electrons. The molecule has 0 aliphatic carbocycles. The van der Waals surface area contributed by atoms with Crippen LogP contribution in [0.5, 0.6) is 0 Å². The highest BCUT2D eigenvalue weighted by Gasteiger charge is 2.07. The standard InChI is InChI=1S/C18H12BrN5O/c19-14-3-1-2-13(10-14)18(25)21-15-6-4-12(5-7-15)16-8-9-17-22-20-11-24(17)23-16/h1-11H,(H,21,25). The van der Waals surface area contributed by atoms with E-state index >= 15 is 0 Å². The molecular weight excluding hydrogens is 382 g/mol. The van der Waals surface area contributed by atoms with E-state index < -0.39 is 0 Å². The Bertz CT molecular complexity index is 1060. The summed E-state index contributed by atoms with van der Waals surface area (Å²) in [6, 6.07) is 18.5. The van der Waals surface area contributed by atoms with Gasteiger partial charge in [-0.15, -0.1) is 10.2 Å². The number of fused-ring (bicyclic) bond motifs is 1. The summed E-state index contributed by atoms with van der Waals surface area (Å²) in [6.07, 6.45) is 1.56. The van der Waals surface area contributed by atoms with E-state index in [9.17, 15) is 4.79 Å². The number of hydrogen-bond acceptors (Lipinski definition) is 4. The summed E-state index contributed by atoms with van der Waals surface area (Å²) in [5.74, 6) is -0.155. The van der Waals surface area contributed by atoms with Gasteiger partial charge in [-0.05, 0) is 42.5 Å². The van der Waals surface area contributed by atoms with Gasteiger partial charge in [0.05, 0.1) is 5.69 Å². The average Bonchev–Trinajstić information content (AvgIpc) is 3.10. The van der Waals surface area contributed by atoms with Crippen LogP contribution < -0.4 is 5.32 Å². The second-order valence-electron chi connectivity index (χ2n) is 5.39. The Morgan fingerprint density at radius 1 is 1.04 bits per heavy atom. The van der Waals surface area contributed by atoms with E-state index in [0.717, 1.165) is 21.4 Å². The van der Waals surface area contributed by atoms with Crippen LogP contribution in [0, 0.1) is 0 Å². The van der Waals surface area contributed by atoms with Crippen LogP contribution in [0.2, 0.25) is 0 Å². The average molecular weight is 394 g/mol. The lowest BCUT2D eigenvalue weighted by atomic mass is 10.1. The molecule has 1 amide bonds. The lowest BCUT2D eigenvalue weighted by Crippen LogP contribution is -2.11. The minimum Gasteiger partial charge on any atom is -0.322 e. The van der Waals surface area contributed by atoms with E-state index in [0.29, 0.717) is 11.2 Å². The number of carbonyl (C=O) groups excluding carboxylic acids is 1. The van der Waals surface area contributed by atoms with Crippen molar-refractivity contribution in [3.63, 3.8) is 0 Å². The first-order valence-electron chi connectivity index (χ1n) is 7.53. The molecule has 122 valence electrons. The van der Waals surface area contributed by atoms with Crippen LogP contribution in [0.25, 0.3) is 16.9 Å². The smallest absolute Gasteiger partial charge is 0.255 e. The van der Waals surface area contributed by atoms with E-state index in [1.54, 1.807) is 23.0 Å². The van der Waals surface area contributed by atoms with Gasteiger partial charge in [-0.2, -0.15) is 9.61 Å². The highest BCUT2D eigenvalue weighted by atomic mass is 79.9. The van der Waals surface area contributed by atoms with E-state index in [1.165, 1.54) is 0 Å². The maximum Gasteiger partial charge on any atom is 0.255 e. The van der Waals surface area contributed by atoms with Crippen molar-refractivity contribution in [1.82, 2.24) is 19.8 Å². The Balaban J connectivity index is 1.54. The fraction of sp³-hybridized carbons (Fsp3) is 0. The SMILES string of the molecule is O=C(Nc1ccc(-c2ccc3nncn3n2)cc1)c1cccc(Br)c1. The predicted octanol–water partition coefficient (Wildman–Crippen LogP) is 3.81. The van der Waals surface area contributed by atoms with Gasteiger partial charge in [0.25, 0.3) is 5.91 Å². The Morgan fingerprint density at radius 3 is 2.68 bits per heavy atom. The van der Waals surface area contributed by atoms with Gasteiger partial charge >= 0.3 is 0 Å².